The molecule has 0 N–H and O–H groups in total. The van der Waals surface area contributed by atoms with Gasteiger partial charge in [-0.2, -0.15) is 4.31 Å². The van der Waals surface area contributed by atoms with Gasteiger partial charge in [0.25, 0.3) is 5.69 Å². The first-order chi connectivity index (χ1) is 15.8. The van der Waals surface area contributed by atoms with E-state index in [1.165, 1.54) is 28.6 Å². The first-order valence-electron chi connectivity index (χ1n) is 10.7. The maximum Gasteiger partial charge on any atom is 0.269 e. The number of nitrogens with zero attached hydrogens (tertiary/aromatic N) is 5. The molecule has 0 atom stereocenters. The highest BCUT2D eigenvalue weighted by Crippen LogP contribution is 2.32. The summed E-state index contributed by atoms with van der Waals surface area (Å²) in [5.41, 5.74) is 2.40. The zero-order valence-corrected chi connectivity index (χ0v) is 19.3. The Kier molecular flexibility index (Phi) is 6.39. The number of sulfonamides is 1. The van der Waals surface area contributed by atoms with Gasteiger partial charge in [-0.15, -0.1) is 0 Å². The molecular formula is C23H25N5O4S. The molecule has 0 unspecified atom stereocenters. The number of aromatic nitrogens is 2. The van der Waals surface area contributed by atoms with E-state index in [2.05, 4.69) is 6.92 Å². The summed E-state index contributed by atoms with van der Waals surface area (Å²) < 4.78 is 27.9. The van der Waals surface area contributed by atoms with Crippen molar-refractivity contribution in [2.75, 3.05) is 25.0 Å². The number of rotatable bonds is 7. The number of benzene rings is 2. The van der Waals surface area contributed by atoms with E-state index in [9.17, 15) is 18.5 Å². The minimum absolute atomic E-state index is 0.0295. The second-order valence-electron chi connectivity index (χ2n) is 7.92. The first-order valence-corrected chi connectivity index (χ1v) is 12.2. The lowest BCUT2D eigenvalue weighted by molar-refractivity contribution is -0.384. The number of hydrogen-bond donors (Lipinski definition) is 0. The van der Waals surface area contributed by atoms with Crippen LogP contribution in [0.2, 0.25) is 0 Å². The summed E-state index contributed by atoms with van der Waals surface area (Å²) >= 11 is 0. The molecule has 1 aliphatic rings. The van der Waals surface area contributed by atoms with Crippen molar-refractivity contribution in [3.63, 3.8) is 0 Å². The molecule has 0 fully saturated rings. The van der Waals surface area contributed by atoms with Crippen LogP contribution in [0.3, 0.4) is 0 Å². The van der Waals surface area contributed by atoms with Crippen LogP contribution in [0.15, 0.2) is 59.5 Å². The highest BCUT2D eigenvalue weighted by Gasteiger charge is 2.32. The van der Waals surface area contributed by atoms with Crippen LogP contribution >= 0.6 is 0 Å². The molecular weight excluding hydrogens is 442 g/mol. The smallest absolute Gasteiger partial charge is 0.269 e. The van der Waals surface area contributed by atoms with E-state index in [4.69, 9.17) is 9.97 Å². The summed E-state index contributed by atoms with van der Waals surface area (Å²) in [5, 5.41) is 10.9. The van der Waals surface area contributed by atoms with Crippen LogP contribution in [0.25, 0.3) is 11.4 Å². The Morgan fingerprint density at radius 1 is 1.09 bits per heavy atom. The number of nitro benzene ring substituents is 1. The van der Waals surface area contributed by atoms with Crippen molar-refractivity contribution < 1.29 is 13.3 Å². The van der Waals surface area contributed by atoms with Gasteiger partial charge in [0.05, 0.1) is 15.5 Å². The van der Waals surface area contributed by atoms with Crippen molar-refractivity contribution in [1.82, 2.24) is 14.3 Å². The lowest BCUT2D eigenvalue weighted by Gasteiger charge is -2.31. The zero-order valence-electron chi connectivity index (χ0n) is 18.5. The molecule has 0 radical (unpaired) electrons. The van der Waals surface area contributed by atoms with E-state index in [0.29, 0.717) is 12.2 Å². The van der Waals surface area contributed by atoms with Gasteiger partial charge < -0.3 is 4.90 Å². The van der Waals surface area contributed by atoms with Crippen LogP contribution < -0.4 is 4.90 Å². The van der Waals surface area contributed by atoms with Crippen LogP contribution in [-0.4, -0.2) is 47.8 Å². The molecule has 3 aromatic rings. The topological polar surface area (TPSA) is 110 Å². The number of hydrogen-bond acceptors (Lipinski definition) is 7. The van der Waals surface area contributed by atoms with Crippen molar-refractivity contribution in [2.24, 2.45) is 0 Å². The van der Waals surface area contributed by atoms with Crippen molar-refractivity contribution in [3.05, 3.63) is 76.0 Å². The average molecular weight is 468 g/mol. The molecule has 4 rings (SSSR count). The average Bonchev–Trinajstić information content (AvgIpc) is 2.83. The molecule has 9 nitrogen and oxygen atoms in total. The van der Waals surface area contributed by atoms with Crippen molar-refractivity contribution >= 4 is 21.5 Å². The Hall–Kier alpha value is -3.37. The molecule has 10 heteroatoms. The van der Waals surface area contributed by atoms with E-state index >= 15 is 0 Å². The molecule has 1 aliphatic heterocycles. The second kappa shape index (κ2) is 9.24. The summed E-state index contributed by atoms with van der Waals surface area (Å²) in [7, 11) is -1.88. The molecule has 2 heterocycles. The van der Waals surface area contributed by atoms with Crippen LogP contribution in [0.1, 0.15) is 24.6 Å². The standard InChI is InChI=1S/C23H25N5O4S/c1-3-14-26(2)23-20-16-27(33(31,32)19-11-9-18(10-12-19)28(29)30)15-13-21(20)24-22(25-23)17-7-5-4-6-8-17/h4-12H,3,13-16H2,1-2H3. The molecule has 0 saturated heterocycles. The summed E-state index contributed by atoms with van der Waals surface area (Å²) in [5.74, 6) is 1.35. The lowest BCUT2D eigenvalue weighted by Crippen LogP contribution is -2.38. The molecule has 0 bridgehead atoms. The molecule has 172 valence electrons. The molecule has 33 heavy (non-hydrogen) atoms. The van der Waals surface area contributed by atoms with E-state index in [1.54, 1.807) is 0 Å². The predicted molar refractivity (Wildman–Crippen MR) is 125 cm³/mol. The number of non-ortho nitro benzene ring substituents is 1. The van der Waals surface area contributed by atoms with Gasteiger partial charge in [0, 0.05) is 56.4 Å². The van der Waals surface area contributed by atoms with Gasteiger partial charge >= 0.3 is 0 Å². The van der Waals surface area contributed by atoms with Gasteiger partial charge in [-0.3, -0.25) is 10.1 Å². The Labute approximate surface area is 192 Å². The van der Waals surface area contributed by atoms with Crippen molar-refractivity contribution in [3.8, 4) is 11.4 Å². The molecule has 0 spiro atoms. The Bertz CT molecular complexity index is 1260. The molecule has 2 aromatic carbocycles. The Morgan fingerprint density at radius 3 is 2.42 bits per heavy atom. The summed E-state index contributed by atoms with van der Waals surface area (Å²) in [6.07, 6.45) is 1.37. The van der Waals surface area contributed by atoms with E-state index in [-0.39, 0.29) is 23.7 Å². The van der Waals surface area contributed by atoms with Crippen LogP contribution in [0, 0.1) is 10.1 Å². The van der Waals surface area contributed by atoms with Gasteiger partial charge in [-0.1, -0.05) is 37.3 Å². The number of fused-ring (bicyclic) bond motifs is 1. The van der Waals surface area contributed by atoms with Crippen LogP contribution in [-0.2, 0) is 23.0 Å². The third kappa shape index (κ3) is 4.57. The number of nitro groups is 1. The predicted octanol–water partition coefficient (Wildman–Crippen LogP) is 3.65. The van der Waals surface area contributed by atoms with Crippen molar-refractivity contribution in [2.45, 2.75) is 31.2 Å². The monoisotopic (exact) mass is 467 g/mol. The van der Waals surface area contributed by atoms with Gasteiger partial charge in [0.15, 0.2) is 5.82 Å². The number of anilines is 1. The van der Waals surface area contributed by atoms with Gasteiger partial charge in [-0.25, -0.2) is 18.4 Å². The second-order valence-corrected chi connectivity index (χ2v) is 9.86. The third-order valence-corrected chi connectivity index (χ3v) is 7.50. The lowest BCUT2D eigenvalue weighted by atomic mass is 10.1. The summed E-state index contributed by atoms with van der Waals surface area (Å²) in [6.45, 7) is 3.27. The van der Waals surface area contributed by atoms with E-state index in [1.807, 2.05) is 42.3 Å². The van der Waals surface area contributed by atoms with Crippen LogP contribution in [0.4, 0.5) is 11.5 Å². The van der Waals surface area contributed by atoms with Gasteiger partial charge in [0.1, 0.15) is 5.82 Å². The fraction of sp³-hybridized carbons (Fsp3) is 0.304. The molecule has 0 saturated carbocycles. The van der Waals surface area contributed by atoms with Gasteiger partial charge in [0.2, 0.25) is 10.0 Å². The van der Waals surface area contributed by atoms with Crippen molar-refractivity contribution in [1.29, 1.82) is 0 Å². The van der Waals surface area contributed by atoms with Gasteiger partial charge in [-0.05, 0) is 18.6 Å². The minimum Gasteiger partial charge on any atom is -0.359 e. The zero-order chi connectivity index (χ0) is 23.6. The van der Waals surface area contributed by atoms with Crippen LogP contribution in [0.5, 0.6) is 0 Å². The maximum absolute atomic E-state index is 13.3. The minimum atomic E-state index is -3.83. The fourth-order valence-corrected chi connectivity index (χ4v) is 5.35. The molecule has 0 aliphatic carbocycles. The highest BCUT2D eigenvalue weighted by molar-refractivity contribution is 7.89. The normalized spacial score (nSPS) is 14.0. The largest absolute Gasteiger partial charge is 0.359 e. The molecule has 0 amide bonds. The van der Waals surface area contributed by atoms with E-state index in [0.717, 1.165) is 35.6 Å². The Morgan fingerprint density at radius 2 is 1.79 bits per heavy atom. The first kappa shape index (κ1) is 22.8. The third-order valence-electron chi connectivity index (χ3n) is 5.64. The highest BCUT2D eigenvalue weighted by atomic mass is 32.2. The van der Waals surface area contributed by atoms with E-state index < -0.39 is 14.9 Å². The summed E-state index contributed by atoms with van der Waals surface area (Å²) in [6, 6.07) is 14.7. The molecule has 1 aromatic heterocycles. The fourth-order valence-electron chi connectivity index (χ4n) is 3.94. The quantitative estimate of drug-likeness (QED) is 0.385. The SMILES string of the molecule is CCCN(C)c1nc(-c2ccccc2)nc2c1CN(S(=O)(=O)c1ccc([N+](=O)[O-])cc1)CC2. The maximum atomic E-state index is 13.3. The summed E-state index contributed by atoms with van der Waals surface area (Å²) in [4.78, 5) is 22.0. The Balaban J connectivity index is 1.72.